The number of aromatic nitrogens is 3. The molecule has 2 aromatic carbocycles. The first-order chi connectivity index (χ1) is 12.0. The van der Waals surface area contributed by atoms with Gasteiger partial charge in [-0.3, -0.25) is 0 Å². The number of ether oxygens (including phenoxy) is 1. The molecule has 0 saturated carbocycles. The third kappa shape index (κ3) is 3.56. The minimum Gasteiger partial charge on any atom is -0.456 e. The number of nitrogens with zero attached hydrogens (tertiary/aromatic N) is 3. The third-order valence-electron chi connectivity index (χ3n) is 4.11. The normalized spacial score (nSPS) is 10.7. The molecule has 0 aliphatic carbocycles. The average Bonchev–Trinajstić information content (AvgIpc) is 2.98. The van der Waals surface area contributed by atoms with Crippen molar-refractivity contribution in [3.05, 3.63) is 75.6 Å². The van der Waals surface area contributed by atoms with E-state index >= 15 is 0 Å². The molecule has 0 fully saturated rings. The highest BCUT2D eigenvalue weighted by atomic mass is 35.5. The van der Waals surface area contributed by atoms with E-state index in [0.29, 0.717) is 10.7 Å². The van der Waals surface area contributed by atoms with Crippen molar-refractivity contribution in [3.8, 4) is 5.69 Å². The summed E-state index contributed by atoms with van der Waals surface area (Å²) >= 11 is 6.16. The molecule has 0 bridgehead atoms. The quantitative estimate of drug-likeness (QED) is 0.658. The molecule has 25 heavy (non-hydrogen) atoms. The van der Waals surface area contributed by atoms with Crippen molar-refractivity contribution in [2.75, 3.05) is 0 Å². The number of halogens is 1. The van der Waals surface area contributed by atoms with Gasteiger partial charge in [0.15, 0.2) is 5.69 Å². The van der Waals surface area contributed by atoms with Gasteiger partial charge in [0.05, 0.1) is 11.4 Å². The van der Waals surface area contributed by atoms with Crippen molar-refractivity contribution < 1.29 is 9.53 Å². The fraction of sp³-hybridized carbons (Fsp3) is 0.211. The lowest BCUT2D eigenvalue weighted by molar-refractivity contribution is 0.0464. The van der Waals surface area contributed by atoms with Crippen molar-refractivity contribution in [1.29, 1.82) is 0 Å². The van der Waals surface area contributed by atoms with E-state index in [1.807, 2.05) is 50.2 Å². The first kappa shape index (κ1) is 17.2. The van der Waals surface area contributed by atoms with Crippen LogP contribution in [-0.4, -0.2) is 21.0 Å². The SMILES string of the molecule is Cc1ccc(-n2nnc(C(=O)OCc3ccccc3C)c2C)cc1Cl. The summed E-state index contributed by atoms with van der Waals surface area (Å²) in [5, 5.41) is 8.67. The molecule has 0 unspecified atom stereocenters. The fourth-order valence-electron chi connectivity index (χ4n) is 2.46. The Morgan fingerprint density at radius 2 is 1.88 bits per heavy atom. The number of benzene rings is 2. The molecular weight excluding hydrogens is 338 g/mol. The summed E-state index contributed by atoms with van der Waals surface area (Å²) in [6.45, 7) is 5.88. The number of hydrogen-bond acceptors (Lipinski definition) is 4. The number of esters is 1. The van der Waals surface area contributed by atoms with Gasteiger partial charge in [0.25, 0.3) is 0 Å². The predicted molar refractivity (Wildman–Crippen MR) is 96.1 cm³/mol. The molecule has 3 aromatic rings. The highest BCUT2D eigenvalue weighted by molar-refractivity contribution is 6.31. The Kier molecular flexibility index (Phi) is 4.86. The van der Waals surface area contributed by atoms with Gasteiger partial charge in [-0.1, -0.05) is 47.1 Å². The Morgan fingerprint density at radius 1 is 1.12 bits per heavy atom. The van der Waals surface area contributed by atoms with E-state index in [-0.39, 0.29) is 12.3 Å². The van der Waals surface area contributed by atoms with Crippen molar-refractivity contribution in [2.24, 2.45) is 0 Å². The van der Waals surface area contributed by atoms with Crippen molar-refractivity contribution in [3.63, 3.8) is 0 Å². The summed E-state index contributed by atoms with van der Waals surface area (Å²) in [6.07, 6.45) is 0. The van der Waals surface area contributed by atoms with Crippen molar-refractivity contribution in [2.45, 2.75) is 27.4 Å². The first-order valence-electron chi connectivity index (χ1n) is 7.88. The maximum absolute atomic E-state index is 12.4. The van der Waals surface area contributed by atoms with Crippen LogP contribution in [0.5, 0.6) is 0 Å². The van der Waals surface area contributed by atoms with Crippen molar-refractivity contribution >= 4 is 17.6 Å². The minimum atomic E-state index is -0.495. The Balaban J connectivity index is 1.79. The van der Waals surface area contributed by atoms with Crippen LogP contribution in [0.2, 0.25) is 5.02 Å². The maximum Gasteiger partial charge on any atom is 0.361 e. The average molecular weight is 356 g/mol. The molecule has 0 spiro atoms. The fourth-order valence-corrected chi connectivity index (χ4v) is 2.64. The molecule has 1 heterocycles. The van der Waals surface area contributed by atoms with Crippen LogP contribution >= 0.6 is 11.6 Å². The van der Waals surface area contributed by atoms with E-state index in [0.717, 1.165) is 22.4 Å². The van der Waals surface area contributed by atoms with E-state index in [4.69, 9.17) is 16.3 Å². The summed E-state index contributed by atoms with van der Waals surface area (Å²) in [7, 11) is 0. The molecule has 0 amide bonds. The molecule has 0 atom stereocenters. The van der Waals surface area contributed by atoms with Crippen LogP contribution in [0, 0.1) is 20.8 Å². The molecule has 5 nitrogen and oxygen atoms in total. The lowest BCUT2D eigenvalue weighted by Crippen LogP contribution is -2.09. The van der Waals surface area contributed by atoms with Crippen LogP contribution in [0.4, 0.5) is 0 Å². The van der Waals surface area contributed by atoms with Gasteiger partial charge in [0.1, 0.15) is 6.61 Å². The zero-order valence-electron chi connectivity index (χ0n) is 14.3. The van der Waals surface area contributed by atoms with E-state index in [1.165, 1.54) is 0 Å². The largest absolute Gasteiger partial charge is 0.456 e. The van der Waals surface area contributed by atoms with Crippen LogP contribution in [0.3, 0.4) is 0 Å². The molecule has 1 aromatic heterocycles. The van der Waals surface area contributed by atoms with Crippen molar-refractivity contribution in [1.82, 2.24) is 15.0 Å². The Hall–Kier alpha value is -2.66. The van der Waals surface area contributed by atoms with E-state index in [1.54, 1.807) is 17.7 Å². The molecule has 0 N–H and O–H groups in total. The molecule has 0 aliphatic rings. The van der Waals surface area contributed by atoms with Gasteiger partial charge < -0.3 is 4.74 Å². The lowest BCUT2D eigenvalue weighted by Gasteiger charge is -2.07. The van der Waals surface area contributed by atoms with Crippen LogP contribution in [0.15, 0.2) is 42.5 Å². The lowest BCUT2D eigenvalue weighted by atomic mass is 10.1. The molecule has 3 rings (SSSR count). The first-order valence-corrected chi connectivity index (χ1v) is 8.25. The number of hydrogen-bond donors (Lipinski definition) is 0. The van der Waals surface area contributed by atoms with Gasteiger partial charge in [-0.15, -0.1) is 5.10 Å². The second kappa shape index (κ2) is 7.07. The highest BCUT2D eigenvalue weighted by Crippen LogP contribution is 2.21. The zero-order valence-corrected chi connectivity index (χ0v) is 15.0. The van der Waals surface area contributed by atoms with Crippen LogP contribution in [0.25, 0.3) is 5.69 Å². The number of carbonyl (C=O) groups is 1. The number of aryl methyl sites for hydroxylation is 2. The van der Waals surface area contributed by atoms with Gasteiger partial charge in [-0.05, 0) is 49.6 Å². The highest BCUT2D eigenvalue weighted by Gasteiger charge is 2.19. The Bertz CT molecular complexity index is 934. The molecular formula is C19H18ClN3O2. The third-order valence-corrected chi connectivity index (χ3v) is 4.52. The van der Waals surface area contributed by atoms with Gasteiger partial charge in [-0.2, -0.15) is 0 Å². The zero-order chi connectivity index (χ0) is 18.0. The van der Waals surface area contributed by atoms with E-state index < -0.39 is 5.97 Å². The summed E-state index contributed by atoms with van der Waals surface area (Å²) in [5.74, 6) is -0.495. The summed E-state index contributed by atoms with van der Waals surface area (Å²) in [5.41, 5.74) is 4.57. The second-order valence-corrected chi connectivity index (χ2v) is 6.28. The number of carbonyl (C=O) groups excluding carboxylic acids is 1. The Labute approximate surface area is 151 Å². The van der Waals surface area contributed by atoms with Gasteiger partial charge >= 0.3 is 5.97 Å². The maximum atomic E-state index is 12.4. The minimum absolute atomic E-state index is 0.199. The summed E-state index contributed by atoms with van der Waals surface area (Å²) in [6, 6.07) is 13.3. The van der Waals surface area contributed by atoms with Gasteiger partial charge in [-0.25, -0.2) is 9.48 Å². The molecule has 6 heteroatoms. The van der Waals surface area contributed by atoms with Gasteiger partial charge in [0, 0.05) is 5.02 Å². The molecule has 0 saturated heterocycles. The molecule has 0 aliphatic heterocycles. The van der Waals surface area contributed by atoms with E-state index in [9.17, 15) is 4.79 Å². The van der Waals surface area contributed by atoms with Crippen LogP contribution in [-0.2, 0) is 11.3 Å². The number of rotatable bonds is 4. The smallest absolute Gasteiger partial charge is 0.361 e. The summed E-state index contributed by atoms with van der Waals surface area (Å²) < 4.78 is 6.97. The van der Waals surface area contributed by atoms with Gasteiger partial charge in [0.2, 0.25) is 0 Å². The molecule has 128 valence electrons. The van der Waals surface area contributed by atoms with E-state index in [2.05, 4.69) is 10.3 Å². The molecule has 0 radical (unpaired) electrons. The standard InChI is InChI=1S/C19H18ClN3O2/c1-12-6-4-5-7-15(12)11-25-19(24)18-14(3)23(22-21-18)16-9-8-13(2)17(20)10-16/h4-10H,11H2,1-3H3. The topological polar surface area (TPSA) is 57.0 Å². The summed E-state index contributed by atoms with van der Waals surface area (Å²) in [4.78, 5) is 12.4. The Morgan fingerprint density at radius 3 is 2.60 bits per heavy atom. The van der Waals surface area contributed by atoms with Crippen LogP contribution < -0.4 is 0 Å². The van der Waals surface area contributed by atoms with Crippen LogP contribution in [0.1, 0.15) is 32.9 Å². The predicted octanol–water partition coefficient (Wildman–Crippen LogP) is 4.20. The monoisotopic (exact) mass is 355 g/mol. The second-order valence-electron chi connectivity index (χ2n) is 5.87.